The molecule has 0 aromatic heterocycles. The van der Waals surface area contributed by atoms with Gasteiger partial charge in [-0.3, -0.25) is 4.79 Å². The second kappa shape index (κ2) is 9.73. The zero-order valence-electron chi connectivity index (χ0n) is 17.1. The molecular weight excluding hydrogens is 442 g/mol. The van der Waals surface area contributed by atoms with E-state index < -0.39 is 0 Å². The predicted octanol–water partition coefficient (Wildman–Crippen LogP) is 5.99. The van der Waals surface area contributed by atoms with Crippen LogP contribution in [0.2, 0.25) is 5.02 Å². The highest BCUT2D eigenvalue weighted by Crippen LogP contribution is 2.30. The Morgan fingerprint density at radius 2 is 1.94 bits per heavy atom. The van der Waals surface area contributed by atoms with E-state index in [0.29, 0.717) is 33.0 Å². The summed E-state index contributed by atoms with van der Waals surface area (Å²) in [6.45, 7) is 2.23. The summed E-state index contributed by atoms with van der Waals surface area (Å²) in [5.41, 5.74) is 4.01. The second-order valence-corrected chi connectivity index (χ2v) is 8.51. The van der Waals surface area contributed by atoms with Crippen LogP contribution in [0.25, 0.3) is 6.08 Å². The molecule has 1 N–H and O–H groups in total. The quantitative estimate of drug-likeness (QED) is 0.475. The monoisotopic (exact) mass is 459 g/mol. The average Bonchev–Trinajstić information content (AvgIpc) is 3.14. The minimum atomic E-state index is -0.186. The number of halogens is 1. The lowest BCUT2D eigenvalue weighted by molar-refractivity contribution is -0.115. The molecule has 7 heteroatoms. The van der Waals surface area contributed by atoms with Gasteiger partial charge in [0.25, 0.3) is 5.91 Å². The number of nitrogens with one attached hydrogen (secondary N) is 1. The van der Waals surface area contributed by atoms with Crippen LogP contribution in [0.4, 0.5) is 5.69 Å². The molecule has 0 spiro atoms. The van der Waals surface area contributed by atoms with Crippen molar-refractivity contribution in [2.75, 3.05) is 0 Å². The fraction of sp³-hybridized carbons (Fsp3) is 0.0800. The van der Waals surface area contributed by atoms with Crippen LogP contribution in [0.1, 0.15) is 22.3 Å². The van der Waals surface area contributed by atoms with Gasteiger partial charge in [0.2, 0.25) is 0 Å². The molecule has 1 aliphatic rings. The first-order valence-corrected chi connectivity index (χ1v) is 11.0. The summed E-state index contributed by atoms with van der Waals surface area (Å²) in [5, 5.41) is 13.2. The molecule has 0 radical (unpaired) electrons. The van der Waals surface area contributed by atoms with E-state index in [2.05, 4.69) is 16.4 Å². The van der Waals surface area contributed by atoms with Gasteiger partial charge in [0.1, 0.15) is 12.4 Å². The third-order valence-electron chi connectivity index (χ3n) is 4.74. The first-order valence-electron chi connectivity index (χ1n) is 9.78. The average molecular weight is 460 g/mol. The lowest BCUT2D eigenvalue weighted by Crippen LogP contribution is -2.19. The van der Waals surface area contributed by atoms with E-state index in [1.54, 1.807) is 12.1 Å². The molecule has 5 nitrogen and oxygen atoms in total. The van der Waals surface area contributed by atoms with Crippen molar-refractivity contribution >= 4 is 46.2 Å². The van der Waals surface area contributed by atoms with E-state index in [1.165, 1.54) is 11.8 Å². The standard InChI is InChI=1S/C25H18ClN3O2S/c1-16-12-20(26)8-11-22(16)28-25-29-24(30)23(32-25)13-17-6-9-21(10-7-17)31-15-19-5-3-2-4-18(19)14-27/h2-13H,15H2,1H3,(H,28,29,30)/b23-13-. The number of nitrogens with zero attached hydrogens (tertiary/aromatic N) is 2. The predicted molar refractivity (Wildman–Crippen MR) is 129 cm³/mol. The van der Waals surface area contributed by atoms with Crippen molar-refractivity contribution in [2.24, 2.45) is 4.99 Å². The van der Waals surface area contributed by atoms with Crippen LogP contribution in [0.3, 0.4) is 0 Å². The molecule has 158 valence electrons. The Bertz CT molecular complexity index is 1280. The Kier molecular flexibility index (Phi) is 6.60. The number of thioether (sulfide) groups is 1. The zero-order chi connectivity index (χ0) is 22.5. The van der Waals surface area contributed by atoms with Gasteiger partial charge in [-0.2, -0.15) is 5.26 Å². The van der Waals surface area contributed by atoms with Crippen LogP contribution in [0, 0.1) is 18.3 Å². The maximum absolute atomic E-state index is 12.4. The van der Waals surface area contributed by atoms with Crippen molar-refractivity contribution in [2.45, 2.75) is 13.5 Å². The maximum atomic E-state index is 12.4. The minimum Gasteiger partial charge on any atom is -0.489 e. The topological polar surface area (TPSA) is 74.5 Å². The summed E-state index contributed by atoms with van der Waals surface area (Å²) in [7, 11) is 0. The summed E-state index contributed by atoms with van der Waals surface area (Å²) >= 11 is 7.28. The summed E-state index contributed by atoms with van der Waals surface area (Å²) < 4.78 is 5.80. The number of amidine groups is 1. The van der Waals surface area contributed by atoms with Gasteiger partial charge in [0, 0.05) is 10.6 Å². The molecule has 3 aromatic carbocycles. The zero-order valence-corrected chi connectivity index (χ0v) is 18.7. The molecule has 1 fully saturated rings. The number of carbonyl (C=O) groups excluding carboxylic acids is 1. The summed E-state index contributed by atoms with van der Waals surface area (Å²) in [5.74, 6) is 0.498. The molecule has 1 amide bonds. The Hall–Kier alpha value is -3.53. The highest BCUT2D eigenvalue weighted by Gasteiger charge is 2.24. The molecule has 1 saturated heterocycles. The SMILES string of the molecule is Cc1cc(Cl)ccc1N=C1NC(=O)/C(=C/c2ccc(OCc3ccccc3C#N)cc2)S1. The van der Waals surface area contributed by atoms with Gasteiger partial charge in [-0.15, -0.1) is 0 Å². The van der Waals surface area contributed by atoms with Gasteiger partial charge in [0.05, 0.1) is 22.2 Å². The highest BCUT2D eigenvalue weighted by molar-refractivity contribution is 8.18. The number of rotatable bonds is 5. The number of benzene rings is 3. The first-order chi connectivity index (χ1) is 15.5. The lowest BCUT2D eigenvalue weighted by atomic mass is 10.1. The molecule has 3 aromatic rings. The molecule has 4 rings (SSSR count). The lowest BCUT2D eigenvalue weighted by Gasteiger charge is -2.07. The number of amides is 1. The molecule has 0 bridgehead atoms. The molecule has 0 saturated carbocycles. The minimum absolute atomic E-state index is 0.186. The van der Waals surface area contributed by atoms with Crippen molar-refractivity contribution in [1.29, 1.82) is 5.26 Å². The van der Waals surface area contributed by atoms with E-state index in [-0.39, 0.29) is 5.91 Å². The van der Waals surface area contributed by atoms with Crippen molar-refractivity contribution in [3.63, 3.8) is 0 Å². The largest absolute Gasteiger partial charge is 0.489 e. The third-order valence-corrected chi connectivity index (χ3v) is 5.89. The number of carbonyl (C=O) groups is 1. The van der Waals surface area contributed by atoms with E-state index in [0.717, 1.165) is 22.4 Å². The molecule has 32 heavy (non-hydrogen) atoms. The van der Waals surface area contributed by atoms with Crippen LogP contribution in [0.15, 0.2) is 76.6 Å². The summed E-state index contributed by atoms with van der Waals surface area (Å²) in [6.07, 6.45) is 1.81. The Morgan fingerprint density at radius 1 is 1.16 bits per heavy atom. The number of aryl methyl sites for hydroxylation is 1. The van der Waals surface area contributed by atoms with Crippen LogP contribution < -0.4 is 10.1 Å². The van der Waals surface area contributed by atoms with Crippen LogP contribution in [-0.2, 0) is 11.4 Å². The maximum Gasteiger partial charge on any atom is 0.264 e. The van der Waals surface area contributed by atoms with E-state index in [9.17, 15) is 10.1 Å². The number of hydrogen-bond acceptors (Lipinski definition) is 5. The van der Waals surface area contributed by atoms with Gasteiger partial charge in [-0.1, -0.05) is 41.9 Å². The second-order valence-electron chi connectivity index (χ2n) is 7.04. The Labute approximate surface area is 195 Å². The van der Waals surface area contributed by atoms with E-state index >= 15 is 0 Å². The Morgan fingerprint density at radius 3 is 2.69 bits per heavy atom. The van der Waals surface area contributed by atoms with Gasteiger partial charge in [-0.25, -0.2) is 4.99 Å². The van der Waals surface area contributed by atoms with Gasteiger partial charge < -0.3 is 10.1 Å². The number of aliphatic imine (C=N–C) groups is 1. The molecule has 0 unspecified atom stereocenters. The van der Waals surface area contributed by atoms with E-state index in [1.807, 2.05) is 67.6 Å². The summed E-state index contributed by atoms with van der Waals surface area (Å²) in [6, 6.07) is 22.4. The number of ether oxygens (including phenoxy) is 1. The molecular formula is C25H18ClN3O2S. The van der Waals surface area contributed by atoms with E-state index in [4.69, 9.17) is 16.3 Å². The van der Waals surface area contributed by atoms with Crippen molar-refractivity contribution in [3.05, 3.63) is 98.9 Å². The fourth-order valence-corrected chi connectivity index (χ4v) is 4.12. The third kappa shape index (κ3) is 5.20. The van der Waals surface area contributed by atoms with Crippen LogP contribution >= 0.6 is 23.4 Å². The normalized spacial score (nSPS) is 15.6. The fourth-order valence-electron chi connectivity index (χ4n) is 3.06. The van der Waals surface area contributed by atoms with Gasteiger partial charge in [0.15, 0.2) is 5.17 Å². The number of hydrogen-bond donors (Lipinski definition) is 1. The number of nitriles is 1. The molecule has 0 atom stereocenters. The molecule has 1 aliphatic heterocycles. The van der Waals surface area contributed by atoms with Crippen molar-refractivity contribution in [1.82, 2.24) is 5.32 Å². The Balaban J connectivity index is 1.43. The van der Waals surface area contributed by atoms with Crippen LogP contribution in [-0.4, -0.2) is 11.1 Å². The smallest absolute Gasteiger partial charge is 0.264 e. The van der Waals surface area contributed by atoms with Crippen molar-refractivity contribution in [3.8, 4) is 11.8 Å². The highest BCUT2D eigenvalue weighted by atomic mass is 35.5. The van der Waals surface area contributed by atoms with Gasteiger partial charge in [-0.05, 0) is 72.3 Å². The molecule has 0 aliphatic carbocycles. The van der Waals surface area contributed by atoms with Crippen LogP contribution in [0.5, 0.6) is 5.75 Å². The van der Waals surface area contributed by atoms with Gasteiger partial charge >= 0.3 is 0 Å². The van der Waals surface area contributed by atoms with Crippen molar-refractivity contribution < 1.29 is 9.53 Å². The summed E-state index contributed by atoms with van der Waals surface area (Å²) in [4.78, 5) is 17.4. The first kappa shape index (κ1) is 21.7. The molecule has 1 heterocycles.